The van der Waals surface area contributed by atoms with Crippen LogP contribution in [0.2, 0.25) is 0 Å². The Labute approximate surface area is 99.5 Å². The van der Waals surface area contributed by atoms with Crippen molar-refractivity contribution < 1.29 is 4.79 Å². The second kappa shape index (κ2) is 5.52. The fourth-order valence-electron chi connectivity index (χ4n) is 1.38. The van der Waals surface area contributed by atoms with Crippen LogP contribution >= 0.6 is 11.8 Å². The lowest BCUT2D eigenvalue weighted by molar-refractivity contribution is 0.112. The number of carbonyl (C=O) groups excluding carboxylic acids is 1. The van der Waals surface area contributed by atoms with Crippen LogP contribution in [0.15, 0.2) is 59.5 Å². The van der Waals surface area contributed by atoms with Crippen LogP contribution < -0.4 is 0 Å². The molecule has 0 aromatic heterocycles. The summed E-state index contributed by atoms with van der Waals surface area (Å²) in [6.07, 6.45) is 0.869. The fraction of sp³-hybridized carbons (Fsp3) is 0.0714. The number of benzene rings is 2. The molecule has 2 aromatic carbocycles. The van der Waals surface area contributed by atoms with Gasteiger partial charge in [0.05, 0.1) is 0 Å². The normalized spacial score (nSPS) is 10.0. The van der Waals surface area contributed by atoms with Crippen molar-refractivity contribution in [1.29, 1.82) is 0 Å². The Bertz CT molecular complexity index is 448. The van der Waals surface area contributed by atoms with Crippen LogP contribution in [-0.4, -0.2) is 6.29 Å². The third-order valence-corrected chi connectivity index (χ3v) is 3.35. The van der Waals surface area contributed by atoms with E-state index in [2.05, 4.69) is 12.1 Å². The van der Waals surface area contributed by atoms with Gasteiger partial charge in [0.15, 0.2) is 0 Å². The second-order valence-corrected chi connectivity index (χ2v) is 4.51. The first-order chi connectivity index (χ1) is 7.88. The van der Waals surface area contributed by atoms with Crippen molar-refractivity contribution in [2.75, 3.05) is 0 Å². The quantitative estimate of drug-likeness (QED) is 0.585. The summed E-state index contributed by atoms with van der Waals surface area (Å²) in [7, 11) is 0. The highest BCUT2D eigenvalue weighted by Gasteiger charge is 1.96. The van der Waals surface area contributed by atoms with Crippen LogP contribution in [0.25, 0.3) is 0 Å². The molecule has 80 valence electrons. The van der Waals surface area contributed by atoms with E-state index in [1.807, 2.05) is 42.5 Å². The third-order valence-electron chi connectivity index (χ3n) is 2.26. The zero-order chi connectivity index (χ0) is 11.2. The minimum atomic E-state index is 0.730. The molecule has 0 atom stereocenters. The van der Waals surface area contributed by atoms with Crippen molar-refractivity contribution in [1.82, 2.24) is 0 Å². The van der Waals surface area contributed by atoms with Crippen LogP contribution in [0.4, 0.5) is 0 Å². The number of thioether (sulfide) groups is 1. The molecule has 0 aliphatic heterocycles. The summed E-state index contributed by atoms with van der Waals surface area (Å²) in [5, 5.41) is 0. The van der Waals surface area contributed by atoms with Gasteiger partial charge >= 0.3 is 0 Å². The van der Waals surface area contributed by atoms with Crippen molar-refractivity contribution in [3.05, 3.63) is 65.7 Å². The van der Waals surface area contributed by atoms with Gasteiger partial charge in [0.2, 0.25) is 0 Å². The van der Waals surface area contributed by atoms with E-state index >= 15 is 0 Å². The number of hydrogen-bond acceptors (Lipinski definition) is 2. The van der Waals surface area contributed by atoms with Gasteiger partial charge in [0.25, 0.3) is 0 Å². The van der Waals surface area contributed by atoms with Gasteiger partial charge in [-0.3, -0.25) is 4.79 Å². The Kier molecular flexibility index (Phi) is 3.78. The smallest absolute Gasteiger partial charge is 0.150 e. The van der Waals surface area contributed by atoms with Gasteiger partial charge in [-0.2, -0.15) is 0 Å². The Morgan fingerprint density at radius 3 is 2.25 bits per heavy atom. The fourth-order valence-corrected chi connectivity index (χ4v) is 2.25. The molecule has 2 heteroatoms. The Hall–Kier alpha value is -1.54. The van der Waals surface area contributed by atoms with Crippen molar-refractivity contribution in [3.63, 3.8) is 0 Å². The van der Waals surface area contributed by atoms with E-state index < -0.39 is 0 Å². The third kappa shape index (κ3) is 2.97. The van der Waals surface area contributed by atoms with Crippen LogP contribution in [0.1, 0.15) is 15.9 Å². The summed E-state index contributed by atoms with van der Waals surface area (Å²) < 4.78 is 0. The Balaban J connectivity index is 1.97. The summed E-state index contributed by atoms with van der Waals surface area (Å²) >= 11 is 1.80. The van der Waals surface area contributed by atoms with E-state index in [0.717, 1.165) is 17.6 Å². The van der Waals surface area contributed by atoms with E-state index in [1.54, 1.807) is 11.8 Å². The van der Waals surface area contributed by atoms with E-state index in [4.69, 9.17) is 0 Å². The van der Waals surface area contributed by atoms with Crippen molar-refractivity contribution in [2.45, 2.75) is 10.6 Å². The molecule has 2 rings (SSSR count). The maximum atomic E-state index is 10.5. The van der Waals surface area contributed by atoms with Crippen LogP contribution in [-0.2, 0) is 5.75 Å². The SMILES string of the molecule is O=Cc1ccc(CSc2ccccc2)cc1. The predicted octanol–water partition coefficient (Wildman–Crippen LogP) is 3.79. The summed E-state index contributed by atoms with van der Waals surface area (Å²) in [4.78, 5) is 11.8. The van der Waals surface area contributed by atoms with Crippen molar-refractivity contribution in [2.24, 2.45) is 0 Å². The monoisotopic (exact) mass is 228 g/mol. The zero-order valence-electron chi connectivity index (χ0n) is 8.80. The second-order valence-electron chi connectivity index (χ2n) is 3.46. The van der Waals surface area contributed by atoms with E-state index in [0.29, 0.717) is 0 Å². The average Bonchev–Trinajstić information content (AvgIpc) is 2.38. The number of aldehydes is 1. The maximum Gasteiger partial charge on any atom is 0.150 e. The van der Waals surface area contributed by atoms with Crippen molar-refractivity contribution >= 4 is 18.0 Å². The van der Waals surface area contributed by atoms with E-state index in [-0.39, 0.29) is 0 Å². The zero-order valence-corrected chi connectivity index (χ0v) is 9.61. The molecule has 0 radical (unpaired) electrons. The van der Waals surface area contributed by atoms with Gasteiger partial charge in [-0.25, -0.2) is 0 Å². The molecule has 0 saturated carbocycles. The topological polar surface area (TPSA) is 17.1 Å². The Morgan fingerprint density at radius 2 is 1.62 bits per heavy atom. The highest BCUT2D eigenvalue weighted by molar-refractivity contribution is 7.98. The van der Waals surface area contributed by atoms with Gasteiger partial charge in [-0.05, 0) is 17.7 Å². The molecule has 0 aliphatic rings. The number of hydrogen-bond donors (Lipinski definition) is 0. The van der Waals surface area contributed by atoms with Gasteiger partial charge < -0.3 is 0 Å². The van der Waals surface area contributed by atoms with Gasteiger partial charge in [0.1, 0.15) is 6.29 Å². The molecular weight excluding hydrogens is 216 g/mol. The molecule has 16 heavy (non-hydrogen) atoms. The lowest BCUT2D eigenvalue weighted by Crippen LogP contribution is -1.83. The molecule has 0 N–H and O–H groups in total. The molecule has 2 aromatic rings. The summed E-state index contributed by atoms with van der Waals surface area (Å²) in [5.74, 6) is 0.934. The molecule has 0 heterocycles. The van der Waals surface area contributed by atoms with Crippen LogP contribution in [0.5, 0.6) is 0 Å². The van der Waals surface area contributed by atoms with Crippen molar-refractivity contribution in [3.8, 4) is 0 Å². The minimum absolute atomic E-state index is 0.730. The minimum Gasteiger partial charge on any atom is -0.298 e. The predicted molar refractivity (Wildman–Crippen MR) is 67.8 cm³/mol. The molecule has 0 amide bonds. The standard InChI is InChI=1S/C14H12OS/c15-10-12-6-8-13(9-7-12)11-16-14-4-2-1-3-5-14/h1-10H,11H2. The summed E-state index contributed by atoms with van der Waals surface area (Å²) in [6, 6.07) is 18.0. The highest BCUT2D eigenvalue weighted by atomic mass is 32.2. The van der Waals surface area contributed by atoms with Crippen LogP contribution in [0, 0.1) is 0 Å². The van der Waals surface area contributed by atoms with E-state index in [1.165, 1.54) is 10.5 Å². The molecule has 0 bridgehead atoms. The Morgan fingerprint density at radius 1 is 0.938 bits per heavy atom. The first kappa shape index (κ1) is 11.0. The largest absolute Gasteiger partial charge is 0.298 e. The van der Waals surface area contributed by atoms with Crippen LogP contribution in [0.3, 0.4) is 0 Å². The molecular formula is C14H12OS. The lowest BCUT2D eigenvalue weighted by atomic mass is 10.2. The van der Waals surface area contributed by atoms with Gasteiger partial charge in [-0.15, -0.1) is 11.8 Å². The number of carbonyl (C=O) groups is 1. The first-order valence-electron chi connectivity index (χ1n) is 5.10. The van der Waals surface area contributed by atoms with E-state index in [9.17, 15) is 4.79 Å². The first-order valence-corrected chi connectivity index (χ1v) is 6.09. The lowest BCUT2D eigenvalue weighted by Gasteiger charge is -2.01. The summed E-state index contributed by atoms with van der Waals surface area (Å²) in [5.41, 5.74) is 1.97. The average molecular weight is 228 g/mol. The van der Waals surface area contributed by atoms with Gasteiger partial charge in [0, 0.05) is 16.2 Å². The maximum absolute atomic E-state index is 10.5. The number of rotatable bonds is 4. The molecule has 0 unspecified atom stereocenters. The highest BCUT2D eigenvalue weighted by Crippen LogP contribution is 2.22. The molecule has 1 nitrogen and oxygen atoms in total. The summed E-state index contributed by atoms with van der Waals surface area (Å²) in [6.45, 7) is 0. The molecule has 0 aliphatic carbocycles. The molecule has 0 spiro atoms. The van der Waals surface area contributed by atoms with Gasteiger partial charge in [-0.1, -0.05) is 42.5 Å². The molecule has 0 fully saturated rings. The molecule has 0 saturated heterocycles.